The number of aromatic carboxylic acids is 1. The van der Waals surface area contributed by atoms with Gasteiger partial charge in [-0.15, -0.1) is 0 Å². The predicted octanol–water partition coefficient (Wildman–Crippen LogP) is 0.269. The molecule has 0 aliphatic carbocycles. The maximum Gasteiger partial charge on any atom is 0.352 e. The zero-order valence-electron chi connectivity index (χ0n) is 4.89. The Morgan fingerprint density at radius 3 is 2.60 bits per heavy atom. The Morgan fingerprint density at radius 1 is 1.80 bits per heavy atom. The van der Waals surface area contributed by atoms with Crippen LogP contribution >= 0.6 is 15.9 Å². The van der Waals surface area contributed by atoms with Crippen LogP contribution in [-0.4, -0.2) is 23.9 Å². The minimum absolute atomic E-state index is 0.0874. The number of hydrogen-bond acceptors (Lipinski definition) is 1. The summed E-state index contributed by atoms with van der Waals surface area (Å²) in [4.78, 5) is 12.8. The first-order chi connectivity index (χ1) is 4.61. The maximum absolute atomic E-state index is 10.3. The van der Waals surface area contributed by atoms with Gasteiger partial charge in [0, 0.05) is 0 Å². The highest BCUT2D eigenvalue weighted by atomic mass is 79.9. The van der Waals surface area contributed by atoms with Crippen molar-refractivity contribution >= 4 is 35.2 Å². The molecule has 0 unspecified atom stereocenters. The second-order valence-corrected chi connectivity index (χ2v) is 2.55. The molecule has 0 bridgehead atoms. The molecule has 5 heteroatoms. The van der Waals surface area contributed by atoms with Crippen LogP contribution in [0.5, 0.6) is 0 Å². The monoisotopic (exact) mass is 199 g/mol. The molecule has 1 rings (SSSR count). The first kappa shape index (κ1) is 7.40. The summed E-state index contributed by atoms with van der Waals surface area (Å²) < 4.78 is 0.505. The first-order valence-corrected chi connectivity index (χ1v) is 3.28. The number of carboxylic acid groups (broad SMARTS) is 1. The summed E-state index contributed by atoms with van der Waals surface area (Å²) in [5.74, 6) is -1.02. The van der Waals surface area contributed by atoms with E-state index in [4.69, 9.17) is 13.0 Å². The topological polar surface area (TPSA) is 53.1 Å². The number of H-pyrrole nitrogens is 1. The fraction of sp³-hybridized carbons (Fsp3) is 0. The molecule has 0 spiro atoms. The lowest BCUT2D eigenvalue weighted by Crippen LogP contribution is -1.99. The lowest BCUT2D eigenvalue weighted by molar-refractivity contribution is 0.0691. The van der Waals surface area contributed by atoms with Gasteiger partial charge in [-0.2, -0.15) is 0 Å². The van der Waals surface area contributed by atoms with Gasteiger partial charge in [0.05, 0.1) is 4.60 Å². The molecule has 1 aromatic rings. The molecule has 1 heterocycles. The van der Waals surface area contributed by atoms with E-state index in [-0.39, 0.29) is 5.69 Å². The number of carboxylic acids is 1. The second-order valence-electron chi connectivity index (χ2n) is 1.76. The van der Waals surface area contributed by atoms with Crippen molar-refractivity contribution in [3.8, 4) is 0 Å². The van der Waals surface area contributed by atoms with Crippen molar-refractivity contribution in [2.45, 2.75) is 0 Å². The van der Waals surface area contributed by atoms with Crippen molar-refractivity contribution in [2.24, 2.45) is 0 Å². The van der Waals surface area contributed by atoms with E-state index in [1.54, 1.807) is 0 Å². The third-order valence-electron chi connectivity index (χ3n) is 1.03. The van der Waals surface area contributed by atoms with E-state index in [1.807, 2.05) is 0 Å². The predicted molar refractivity (Wildman–Crippen MR) is 40.8 cm³/mol. The molecular weight excluding hydrogens is 197 g/mol. The van der Waals surface area contributed by atoms with E-state index in [0.717, 1.165) is 0 Å². The second kappa shape index (κ2) is 2.50. The summed E-state index contributed by atoms with van der Waals surface area (Å²) in [6.45, 7) is 0. The van der Waals surface area contributed by atoms with Gasteiger partial charge < -0.3 is 10.1 Å². The Kier molecular flexibility index (Phi) is 1.85. The molecule has 2 N–H and O–H groups in total. The quantitative estimate of drug-likeness (QED) is 0.639. The molecule has 1 aromatic heterocycles. The highest BCUT2D eigenvalue weighted by Gasteiger charge is 2.06. The molecule has 2 radical (unpaired) electrons. The van der Waals surface area contributed by atoms with Crippen LogP contribution in [0.3, 0.4) is 0 Å². The van der Waals surface area contributed by atoms with Crippen LogP contribution in [-0.2, 0) is 0 Å². The number of aromatic nitrogens is 1. The zero-order valence-corrected chi connectivity index (χ0v) is 6.47. The molecule has 3 nitrogen and oxygen atoms in total. The lowest BCUT2D eigenvalue weighted by atomic mass is 10.0. The molecule has 0 aliphatic rings. The zero-order chi connectivity index (χ0) is 7.72. The Bertz CT molecular complexity index is 251. The molecule has 0 saturated heterocycles. The lowest BCUT2D eigenvalue weighted by Gasteiger charge is -1.83. The van der Waals surface area contributed by atoms with E-state index >= 15 is 0 Å². The summed E-state index contributed by atoms with van der Waals surface area (Å²) in [5, 5.41) is 8.41. The molecule has 0 aliphatic heterocycles. The van der Waals surface area contributed by atoms with Gasteiger partial charge in [-0.1, -0.05) is 5.46 Å². The Morgan fingerprint density at radius 2 is 2.40 bits per heavy atom. The molecule has 0 saturated carbocycles. The fourth-order valence-electron chi connectivity index (χ4n) is 0.561. The van der Waals surface area contributed by atoms with Crippen LogP contribution in [0.4, 0.5) is 0 Å². The normalized spacial score (nSPS) is 9.70. The van der Waals surface area contributed by atoms with Crippen LogP contribution < -0.4 is 5.46 Å². The summed E-state index contributed by atoms with van der Waals surface area (Å²) >= 11 is 3.04. The van der Waals surface area contributed by atoms with Gasteiger partial charge in [0.2, 0.25) is 0 Å². The summed E-state index contributed by atoms with van der Waals surface area (Å²) in [6.07, 6.45) is 0. The Balaban J connectivity index is 3.10. The van der Waals surface area contributed by atoms with Gasteiger partial charge in [-0.25, -0.2) is 4.79 Å². The van der Waals surface area contributed by atoms with Crippen molar-refractivity contribution in [1.29, 1.82) is 0 Å². The van der Waals surface area contributed by atoms with Crippen molar-refractivity contribution in [3.05, 3.63) is 16.4 Å². The van der Waals surface area contributed by atoms with Crippen molar-refractivity contribution < 1.29 is 9.90 Å². The van der Waals surface area contributed by atoms with Crippen LogP contribution in [0, 0.1) is 0 Å². The van der Waals surface area contributed by atoms with Gasteiger partial charge in [0.1, 0.15) is 13.5 Å². The number of halogens is 1. The third-order valence-corrected chi connectivity index (χ3v) is 1.68. The smallest absolute Gasteiger partial charge is 0.352 e. The molecule has 10 heavy (non-hydrogen) atoms. The maximum atomic E-state index is 10.3. The van der Waals surface area contributed by atoms with Gasteiger partial charge in [-0.3, -0.25) is 0 Å². The van der Waals surface area contributed by atoms with Gasteiger partial charge in [0.25, 0.3) is 0 Å². The number of hydrogen-bond donors (Lipinski definition) is 2. The highest BCUT2D eigenvalue weighted by Crippen LogP contribution is 2.04. The Hall–Kier alpha value is -0.705. The van der Waals surface area contributed by atoms with Gasteiger partial charge in [0.15, 0.2) is 0 Å². The molecular formula is C5H3BBrNO2. The van der Waals surface area contributed by atoms with Crippen molar-refractivity contribution in [3.63, 3.8) is 0 Å². The van der Waals surface area contributed by atoms with Gasteiger partial charge >= 0.3 is 5.97 Å². The third kappa shape index (κ3) is 1.24. The largest absolute Gasteiger partial charge is 0.477 e. The fourth-order valence-corrected chi connectivity index (χ4v) is 0.889. The molecule has 0 aromatic carbocycles. The van der Waals surface area contributed by atoms with Crippen LogP contribution in [0.2, 0.25) is 0 Å². The number of carbonyl (C=O) groups is 1. The van der Waals surface area contributed by atoms with Gasteiger partial charge in [-0.05, 0) is 22.0 Å². The van der Waals surface area contributed by atoms with Crippen LogP contribution in [0.1, 0.15) is 10.5 Å². The Labute approximate surface area is 67.0 Å². The van der Waals surface area contributed by atoms with Crippen LogP contribution in [0.15, 0.2) is 10.7 Å². The summed E-state index contributed by atoms with van der Waals surface area (Å²) in [5.41, 5.74) is 0.488. The molecule has 0 atom stereocenters. The number of rotatable bonds is 1. The van der Waals surface area contributed by atoms with E-state index in [0.29, 0.717) is 10.1 Å². The van der Waals surface area contributed by atoms with E-state index in [2.05, 4.69) is 20.9 Å². The molecule has 0 fully saturated rings. The first-order valence-electron chi connectivity index (χ1n) is 2.48. The van der Waals surface area contributed by atoms with Crippen molar-refractivity contribution in [2.75, 3.05) is 0 Å². The minimum Gasteiger partial charge on any atom is -0.477 e. The summed E-state index contributed by atoms with van der Waals surface area (Å²) in [7, 11) is 5.34. The number of nitrogens with one attached hydrogen (secondary N) is 1. The highest BCUT2D eigenvalue weighted by molar-refractivity contribution is 9.10. The summed E-state index contributed by atoms with van der Waals surface area (Å²) in [6, 6.07) is 1.35. The average molecular weight is 200 g/mol. The van der Waals surface area contributed by atoms with Crippen molar-refractivity contribution in [1.82, 2.24) is 4.98 Å². The van der Waals surface area contributed by atoms with E-state index < -0.39 is 5.97 Å². The standard InChI is InChI=1S/C5H3BBrNO2/c6-2-1-3(5(9)10)8-4(2)7/h1,8H,(H,9,10). The van der Waals surface area contributed by atoms with Crippen LogP contribution in [0.25, 0.3) is 0 Å². The molecule has 50 valence electrons. The van der Waals surface area contributed by atoms with E-state index in [9.17, 15) is 4.79 Å². The SMILES string of the molecule is [B]c1cc(C(=O)O)[nH]c1Br. The number of aromatic amines is 1. The van der Waals surface area contributed by atoms with E-state index in [1.165, 1.54) is 6.07 Å². The molecule has 0 amide bonds. The average Bonchev–Trinajstić information content (AvgIpc) is 2.13. The minimum atomic E-state index is -1.02.